The van der Waals surface area contributed by atoms with Crippen LogP contribution in [0.25, 0.3) is 0 Å². The summed E-state index contributed by atoms with van der Waals surface area (Å²) in [6.07, 6.45) is 7.68. The lowest BCUT2D eigenvalue weighted by Crippen LogP contribution is -2.35. The Bertz CT molecular complexity index is 134. The van der Waals surface area contributed by atoms with Crippen LogP contribution in [0.2, 0.25) is 0 Å². The summed E-state index contributed by atoms with van der Waals surface area (Å²) >= 11 is 0. The lowest BCUT2D eigenvalue weighted by atomic mass is 10.1. The third-order valence-corrected chi connectivity index (χ3v) is 2.35. The maximum absolute atomic E-state index is 2.45. The molecule has 11 heavy (non-hydrogen) atoms. The molecule has 1 aliphatic rings. The Kier molecular flexibility index (Phi) is 3.47. The van der Waals surface area contributed by atoms with Gasteiger partial charge in [0.1, 0.15) is 0 Å². The van der Waals surface area contributed by atoms with Crippen LogP contribution in [0.1, 0.15) is 39.5 Å². The van der Waals surface area contributed by atoms with Gasteiger partial charge in [0, 0.05) is 18.8 Å². The molecule has 64 valence electrons. The van der Waals surface area contributed by atoms with Crippen molar-refractivity contribution in [2.24, 2.45) is 0 Å². The predicted molar refractivity (Wildman–Crippen MR) is 49.5 cm³/mol. The minimum absolute atomic E-state index is 1.26. The highest BCUT2D eigenvalue weighted by Gasteiger charge is 2.12. The predicted octanol–water partition coefficient (Wildman–Crippen LogP) is 2.79. The van der Waals surface area contributed by atoms with Crippen molar-refractivity contribution in [2.45, 2.75) is 39.5 Å². The summed E-state index contributed by atoms with van der Waals surface area (Å²) in [6.45, 7) is 7.05. The topological polar surface area (TPSA) is 3.24 Å². The molecule has 0 spiro atoms. The molecule has 0 aromatic heterocycles. The highest BCUT2D eigenvalue weighted by Crippen LogP contribution is 2.14. The molecule has 1 heterocycles. The van der Waals surface area contributed by atoms with E-state index in [-0.39, 0.29) is 0 Å². The molecule has 1 rings (SSSR count). The molecule has 1 nitrogen and oxygen atoms in total. The van der Waals surface area contributed by atoms with Crippen molar-refractivity contribution >= 4 is 0 Å². The van der Waals surface area contributed by atoms with Crippen molar-refractivity contribution in [3.8, 4) is 0 Å². The molecule has 0 bridgehead atoms. The van der Waals surface area contributed by atoms with Crippen LogP contribution in [0, 0.1) is 0 Å². The maximum Gasteiger partial charge on any atom is 0.0191 e. The van der Waals surface area contributed by atoms with E-state index in [1.54, 1.807) is 0 Å². The van der Waals surface area contributed by atoms with E-state index in [9.17, 15) is 0 Å². The lowest BCUT2D eigenvalue weighted by Gasteiger charge is -2.33. The van der Waals surface area contributed by atoms with Crippen LogP contribution in [0.3, 0.4) is 0 Å². The molecular weight excluding hydrogens is 134 g/mol. The van der Waals surface area contributed by atoms with E-state index in [1.165, 1.54) is 44.5 Å². The largest absolute Gasteiger partial charge is 0.375 e. The normalized spacial score (nSPS) is 18.4. The lowest BCUT2D eigenvalue weighted by molar-refractivity contribution is 0.238. The highest BCUT2D eigenvalue weighted by molar-refractivity contribution is 5.00. The number of hydrogen-bond donors (Lipinski definition) is 0. The maximum atomic E-state index is 2.45. The van der Waals surface area contributed by atoms with Gasteiger partial charge in [0.25, 0.3) is 0 Å². The summed E-state index contributed by atoms with van der Waals surface area (Å²) in [5.74, 6) is 0. The van der Waals surface area contributed by atoms with Crippen LogP contribution in [0.15, 0.2) is 11.8 Å². The third-order valence-electron chi connectivity index (χ3n) is 2.35. The van der Waals surface area contributed by atoms with Crippen molar-refractivity contribution < 1.29 is 0 Å². The molecule has 1 heteroatoms. The number of nitrogens with zero attached hydrogens (tertiary/aromatic N) is 1. The second kappa shape index (κ2) is 4.42. The van der Waals surface area contributed by atoms with E-state index >= 15 is 0 Å². The van der Waals surface area contributed by atoms with Gasteiger partial charge in [0.05, 0.1) is 0 Å². The molecule has 1 saturated heterocycles. The summed E-state index contributed by atoms with van der Waals surface area (Å²) in [5.41, 5.74) is 1.49. The van der Waals surface area contributed by atoms with Crippen LogP contribution >= 0.6 is 0 Å². The van der Waals surface area contributed by atoms with E-state index in [0.717, 1.165) is 0 Å². The molecule has 0 amide bonds. The Hall–Kier alpha value is -0.460. The van der Waals surface area contributed by atoms with E-state index in [0.29, 0.717) is 0 Å². The smallest absolute Gasteiger partial charge is 0.0191 e. The first-order valence-corrected chi connectivity index (χ1v) is 4.76. The summed E-state index contributed by atoms with van der Waals surface area (Å²) in [7, 11) is 0. The Morgan fingerprint density at radius 2 is 2.18 bits per heavy atom. The van der Waals surface area contributed by atoms with E-state index in [2.05, 4.69) is 24.8 Å². The molecule has 0 unspecified atom stereocenters. The molecular formula is C10H19N. The molecule has 0 aromatic rings. The summed E-state index contributed by atoms with van der Waals surface area (Å²) in [6, 6.07) is 0. The van der Waals surface area contributed by atoms with Gasteiger partial charge < -0.3 is 4.90 Å². The average Bonchev–Trinajstić information content (AvgIpc) is 1.84. The summed E-state index contributed by atoms with van der Waals surface area (Å²) < 4.78 is 0. The molecule has 1 fully saturated rings. The van der Waals surface area contributed by atoms with E-state index in [1.807, 2.05) is 0 Å². The zero-order valence-electron chi connectivity index (χ0n) is 7.77. The first kappa shape index (κ1) is 8.63. The molecule has 0 radical (unpaired) electrons. The zero-order chi connectivity index (χ0) is 8.10. The quantitative estimate of drug-likeness (QED) is 0.561. The van der Waals surface area contributed by atoms with Crippen LogP contribution < -0.4 is 0 Å². The van der Waals surface area contributed by atoms with E-state index < -0.39 is 0 Å². The van der Waals surface area contributed by atoms with Crippen LogP contribution in [0.5, 0.6) is 0 Å². The standard InChI is InChI=1S/C10H19N/c1-3-4-5-7-10(2)11-8-6-9-11/h7H,3-6,8-9H2,1-2H3/b10-7+. The summed E-state index contributed by atoms with van der Waals surface area (Å²) in [5, 5.41) is 0. The first-order valence-electron chi connectivity index (χ1n) is 4.76. The van der Waals surface area contributed by atoms with Gasteiger partial charge in [-0.05, 0) is 19.8 Å². The van der Waals surface area contributed by atoms with Gasteiger partial charge in [-0.1, -0.05) is 25.8 Å². The van der Waals surface area contributed by atoms with Crippen molar-refractivity contribution in [3.05, 3.63) is 11.8 Å². The van der Waals surface area contributed by atoms with Crippen molar-refractivity contribution in [1.82, 2.24) is 4.90 Å². The number of hydrogen-bond acceptors (Lipinski definition) is 1. The number of likely N-dealkylation sites (tertiary alicyclic amines) is 1. The zero-order valence-corrected chi connectivity index (χ0v) is 7.77. The van der Waals surface area contributed by atoms with Crippen molar-refractivity contribution in [1.29, 1.82) is 0 Å². The van der Waals surface area contributed by atoms with Crippen LogP contribution in [-0.4, -0.2) is 18.0 Å². The monoisotopic (exact) mass is 153 g/mol. The van der Waals surface area contributed by atoms with Crippen molar-refractivity contribution in [3.63, 3.8) is 0 Å². The van der Waals surface area contributed by atoms with Crippen LogP contribution in [0.4, 0.5) is 0 Å². The van der Waals surface area contributed by atoms with Gasteiger partial charge >= 0.3 is 0 Å². The van der Waals surface area contributed by atoms with Gasteiger partial charge in [0.2, 0.25) is 0 Å². The molecule has 0 N–H and O–H groups in total. The Morgan fingerprint density at radius 1 is 1.45 bits per heavy atom. The molecule has 1 aliphatic heterocycles. The van der Waals surface area contributed by atoms with Crippen LogP contribution in [-0.2, 0) is 0 Å². The minimum Gasteiger partial charge on any atom is -0.375 e. The van der Waals surface area contributed by atoms with E-state index in [4.69, 9.17) is 0 Å². The molecule has 0 aliphatic carbocycles. The number of allylic oxidation sites excluding steroid dienone is 2. The second-order valence-electron chi connectivity index (χ2n) is 3.33. The average molecular weight is 153 g/mol. The highest BCUT2D eigenvalue weighted by atomic mass is 15.2. The third kappa shape index (κ3) is 2.57. The Balaban J connectivity index is 2.15. The first-order chi connectivity index (χ1) is 5.34. The van der Waals surface area contributed by atoms with Gasteiger partial charge in [-0.2, -0.15) is 0 Å². The minimum atomic E-state index is 1.26. The van der Waals surface area contributed by atoms with Crippen molar-refractivity contribution in [2.75, 3.05) is 13.1 Å². The Labute approximate surface area is 70.1 Å². The van der Waals surface area contributed by atoms with Gasteiger partial charge in [-0.3, -0.25) is 0 Å². The van der Waals surface area contributed by atoms with Gasteiger partial charge in [0.15, 0.2) is 0 Å². The fraction of sp³-hybridized carbons (Fsp3) is 0.800. The van der Waals surface area contributed by atoms with Gasteiger partial charge in [-0.15, -0.1) is 0 Å². The fourth-order valence-electron chi connectivity index (χ4n) is 1.31. The molecule has 0 saturated carbocycles. The number of rotatable bonds is 4. The summed E-state index contributed by atoms with van der Waals surface area (Å²) in [4.78, 5) is 2.45. The molecule has 0 aromatic carbocycles. The Morgan fingerprint density at radius 3 is 2.64 bits per heavy atom. The van der Waals surface area contributed by atoms with Gasteiger partial charge in [-0.25, -0.2) is 0 Å². The SMILES string of the molecule is CCCC/C=C(\C)N1CCC1. The fourth-order valence-corrected chi connectivity index (χ4v) is 1.31. The number of unbranched alkanes of at least 4 members (excludes halogenated alkanes) is 2. The molecule has 0 atom stereocenters. The second-order valence-corrected chi connectivity index (χ2v) is 3.33.